The number of carbonyl (C=O) groups excluding carboxylic acids is 1. The van der Waals surface area contributed by atoms with Crippen LogP contribution in [0.25, 0.3) is 0 Å². The first kappa shape index (κ1) is 11.8. The molecule has 82 valence electrons. The van der Waals surface area contributed by atoms with Crippen LogP contribution in [0.15, 0.2) is 24.3 Å². The second-order valence-corrected chi connectivity index (χ2v) is 3.82. The minimum atomic E-state index is -0.119. The van der Waals surface area contributed by atoms with E-state index in [1.54, 1.807) is 0 Å². The van der Waals surface area contributed by atoms with Gasteiger partial charge in [-0.15, -0.1) is 0 Å². The summed E-state index contributed by atoms with van der Waals surface area (Å²) in [5.74, 6) is 0.107. The molecule has 2 heteroatoms. The lowest BCUT2D eigenvalue weighted by Crippen LogP contribution is -2.08. The molecule has 0 radical (unpaired) electrons. The van der Waals surface area contributed by atoms with Crippen LogP contribution in [0.5, 0.6) is 0 Å². The van der Waals surface area contributed by atoms with E-state index in [1.165, 1.54) is 11.1 Å². The predicted octanol–water partition coefficient (Wildman–Crippen LogP) is 3.05. The van der Waals surface area contributed by atoms with E-state index < -0.39 is 0 Å². The molecule has 0 unspecified atom stereocenters. The second-order valence-electron chi connectivity index (χ2n) is 3.82. The summed E-state index contributed by atoms with van der Waals surface area (Å²) in [5.41, 5.74) is 2.42. The Hall–Kier alpha value is -1.31. The van der Waals surface area contributed by atoms with E-state index in [-0.39, 0.29) is 11.9 Å². The van der Waals surface area contributed by atoms with Gasteiger partial charge >= 0.3 is 5.97 Å². The number of ether oxygens (including phenoxy) is 1. The van der Waals surface area contributed by atoms with Crippen LogP contribution in [-0.4, -0.2) is 12.6 Å². The fourth-order valence-electron chi connectivity index (χ4n) is 1.56. The lowest BCUT2D eigenvalue weighted by Gasteiger charge is -2.11. The zero-order valence-electron chi connectivity index (χ0n) is 9.62. The highest BCUT2D eigenvalue weighted by atomic mass is 16.5. The number of aryl methyl sites for hydroxylation is 1. The summed E-state index contributed by atoms with van der Waals surface area (Å²) >= 11 is 0. The van der Waals surface area contributed by atoms with Crippen molar-refractivity contribution >= 4 is 5.97 Å². The van der Waals surface area contributed by atoms with Crippen molar-refractivity contribution in [2.24, 2.45) is 0 Å². The van der Waals surface area contributed by atoms with Crippen molar-refractivity contribution in [2.75, 3.05) is 6.61 Å². The van der Waals surface area contributed by atoms with Gasteiger partial charge in [-0.05, 0) is 25.3 Å². The van der Waals surface area contributed by atoms with Gasteiger partial charge in [-0.2, -0.15) is 0 Å². The Labute approximate surface area is 91.3 Å². The molecule has 0 aliphatic rings. The summed E-state index contributed by atoms with van der Waals surface area (Å²) in [5, 5.41) is 0. The lowest BCUT2D eigenvalue weighted by atomic mass is 9.96. The number of hydrogen-bond acceptors (Lipinski definition) is 2. The van der Waals surface area contributed by atoms with Crippen molar-refractivity contribution < 1.29 is 9.53 Å². The third-order valence-electron chi connectivity index (χ3n) is 2.39. The summed E-state index contributed by atoms with van der Waals surface area (Å²) in [6.07, 6.45) is 0.456. The van der Waals surface area contributed by atoms with Gasteiger partial charge in [-0.25, -0.2) is 0 Å². The summed E-state index contributed by atoms with van der Waals surface area (Å²) in [4.78, 5) is 11.3. The molecule has 0 spiro atoms. The van der Waals surface area contributed by atoms with E-state index in [1.807, 2.05) is 19.9 Å². The van der Waals surface area contributed by atoms with Gasteiger partial charge in [0.1, 0.15) is 0 Å². The minimum Gasteiger partial charge on any atom is -0.466 e. The van der Waals surface area contributed by atoms with Crippen LogP contribution in [-0.2, 0) is 9.53 Å². The van der Waals surface area contributed by atoms with E-state index in [4.69, 9.17) is 4.74 Å². The molecule has 1 aromatic carbocycles. The van der Waals surface area contributed by atoms with Crippen LogP contribution in [0.1, 0.15) is 37.3 Å². The second kappa shape index (κ2) is 5.54. The SMILES string of the molecule is CCOC(=O)C[C@H](C)c1cccc(C)c1. The fraction of sp³-hybridized carbons (Fsp3) is 0.462. The Kier molecular flexibility index (Phi) is 4.35. The first-order valence-electron chi connectivity index (χ1n) is 5.35. The Morgan fingerprint density at radius 1 is 1.47 bits per heavy atom. The average Bonchev–Trinajstić information content (AvgIpc) is 2.18. The molecule has 2 nitrogen and oxygen atoms in total. The molecule has 0 aromatic heterocycles. The van der Waals surface area contributed by atoms with Crippen LogP contribution in [0.3, 0.4) is 0 Å². The number of benzene rings is 1. The van der Waals surface area contributed by atoms with Crippen molar-refractivity contribution in [1.29, 1.82) is 0 Å². The molecule has 0 saturated heterocycles. The topological polar surface area (TPSA) is 26.3 Å². The van der Waals surface area contributed by atoms with Crippen molar-refractivity contribution in [3.05, 3.63) is 35.4 Å². The van der Waals surface area contributed by atoms with Gasteiger partial charge in [-0.3, -0.25) is 4.79 Å². The predicted molar refractivity (Wildman–Crippen MR) is 60.8 cm³/mol. The molecular weight excluding hydrogens is 188 g/mol. The van der Waals surface area contributed by atoms with Crippen molar-refractivity contribution in [2.45, 2.75) is 33.1 Å². The van der Waals surface area contributed by atoms with E-state index in [0.29, 0.717) is 13.0 Å². The smallest absolute Gasteiger partial charge is 0.306 e. The Balaban J connectivity index is 2.60. The molecule has 15 heavy (non-hydrogen) atoms. The maximum Gasteiger partial charge on any atom is 0.306 e. The average molecular weight is 206 g/mol. The van der Waals surface area contributed by atoms with Crippen LogP contribution in [0.4, 0.5) is 0 Å². The Morgan fingerprint density at radius 2 is 2.20 bits per heavy atom. The highest BCUT2D eigenvalue weighted by Gasteiger charge is 2.11. The van der Waals surface area contributed by atoms with Crippen LogP contribution in [0, 0.1) is 6.92 Å². The molecule has 1 atom stereocenters. The van der Waals surface area contributed by atoms with E-state index in [9.17, 15) is 4.79 Å². The van der Waals surface area contributed by atoms with Crippen LogP contribution in [0.2, 0.25) is 0 Å². The van der Waals surface area contributed by atoms with E-state index in [0.717, 1.165) is 0 Å². The first-order chi connectivity index (χ1) is 7.13. The molecule has 0 bridgehead atoms. The van der Waals surface area contributed by atoms with Gasteiger partial charge in [0.05, 0.1) is 13.0 Å². The lowest BCUT2D eigenvalue weighted by molar-refractivity contribution is -0.143. The highest BCUT2D eigenvalue weighted by Crippen LogP contribution is 2.20. The first-order valence-corrected chi connectivity index (χ1v) is 5.35. The Bertz CT molecular complexity index is 331. The van der Waals surface area contributed by atoms with Crippen LogP contribution < -0.4 is 0 Å². The van der Waals surface area contributed by atoms with Crippen molar-refractivity contribution in [3.8, 4) is 0 Å². The zero-order chi connectivity index (χ0) is 11.3. The van der Waals surface area contributed by atoms with E-state index in [2.05, 4.69) is 25.1 Å². The molecule has 0 N–H and O–H groups in total. The fourth-order valence-corrected chi connectivity index (χ4v) is 1.56. The minimum absolute atomic E-state index is 0.119. The highest BCUT2D eigenvalue weighted by molar-refractivity contribution is 5.70. The maximum atomic E-state index is 11.3. The summed E-state index contributed by atoms with van der Waals surface area (Å²) < 4.78 is 4.93. The molecule has 0 saturated carbocycles. The number of rotatable bonds is 4. The van der Waals surface area contributed by atoms with Crippen molar-refractivity contribution in [1.82, 2.24) is 0 Å². The normalized spacial score (nSPS) is 12.2. The monoisotopic (exact) mass is 206 g/mol. The van der Waals surface area contributed by atoms with Gasteiger partial charge in [0.2, 0.25) is 0 Å². The zero-order valence-corrected chi connectivity index (χ0v) is 9.62. The molecule has 0 fully saturated rings. The van der Waals surface area contributed by atoms with Crippen molar-refractivity contribution in [3.63, 3.8) is 0 Å². The van der Waals surface area contributed by atoms with E-state index >= 15 is 0 Å². The van der Waals surface area contributed by atoms with Gasteiger partial charge in [-0.1, -0.05) is 36.8 Å². The molecular formula is C13H18O2. The largest absolute Gasteiger partial charge is 0.466 e. The third-order valence-corrected chi connectivity index (χ3v) is 2.39. The molecule has 0 aliphatic carbocycles. The Morgan fingerprint density at radius 3 is 2.80 bits per heavy atom. The molecule has 1 rings (SSSR count). The van der Waals surface area contributed by atoms with Crippen LogP contribution >= 0.6 is 0 Å². The van der Waals surface area contributed by atoms with Gasteiger partial charge < -0.3 is 4.74 Å². The molecule has 0 aliphatic heterocycles. The quantitative estimate of drug-likeness (QED) is 0.708. The van der Waals surface area contributed by atoms with Gasteiger partial charge in [0.15, 0.2) is 0 Å². The summed E-state index contributed by atoms with van der Waals surface area (Å²) in [6, 6.07) is 8.24. The summed E-state index contributed by atoms with van der Waals surface area (Å²) in [6.45, 7) is 6.39. The third kappa shape index (κ3) is 3.74. The molecule has 0 heterocycles. The summed E-state index contributed by atoms with van der Waals surface area (Å²) in [7, 11) is 0. The van der Waals surface area contributed by atoms with Gasteiger partial charge in [0, 0.05) is 0 Å². The standard InChI is InChI=1S/C13H18O2/c1-4-15-13(14)9-11(3)12-7-5-6-10(2)8-12/h5-8,11H,4,9H2,1-3H3/t11-/m0/s1. The maximum absolute atomic E-state index is 11.3. The number of hydrogen-bond donors (Lipinski definition) is 0. The molecule has 1 aromatic rings. The van der Waals surface area contributed by atoms with Gasteiger partial charge in [0.25, 0.3) is 0 Å². The number of carbonyl (C=O) groups is 1. The number of esters is 1. The molecule has 0 amide bonds.